The molecule has 1 aliphatic rings. The zero-order valence-electron chi connectivity index (χ0n) is 15.5. The molecule has 1 fully saturated rings. The number of hydrogen-bond acceptors (Lipinski definition) is 5. The number of carbonyl (C=O) groups is 2. The van der Waals surface area contributed by atoms with E-state index in [1.807, 2.05) is 24.3 Å². The topological polar surface area (TPSA) is 88.3 Å². The molecule has 1 unspecified atom stereocenters. The summed E-state index contributed by atoms with van der Waals surface area (Å²) in [5, 5.41) is 7.40. The molecule has 1 atom stereocenters. The molecule has 2 aromatic carbocycles. The van der Waals surface area contributed by atoms with Crippen LogP contribution in [-0.4, -0.2) is 33.4 Å². The second-order valence-corrected chi connectivity index (χ2v) is 7.34. The standard InChI is InChI=1S/C21H19ClN4O3/c22-17-8-4-5-14(9-17)12-26-13-16(10-19(26)27)20-24-18(29-25-20)11-23-21(28)15-6-2-1-3-7-15/h1-9,16H,10-13H2,(H,23,28). The molecule has 0 aliphatic carbocycles. The summed E-state index contributed by atoms with van der Waals surface area (Å²) in [5.74, 6) is 0.484. The number of nitrogens with one attached hydrogen (secondary N) is 1. The van der Waals surface area contributed by atoms with Crippen LogP contribution in [0.2, 0.25) is 5.02 Å². The second kappa shape index (κ2) is 8.45. The number of benzene rings is 2. The first kappa shape index (κ1) is 19.1. The molecule has 29 heavy (non-hydrogen) atoms. The van der Waals surface area contributed by atoms with Gasteiger partial charge in [-0.2, -0.15) is 4.98 Å². The zero-order chi connectivity index (χ0) is 20.2. The van der Waals surface area contributed by atoms with Gasteiger partial charge in [0, 0.05) is 36.0 Å². The lowest BCUT2D eigenvalue weighted by atomic mass is 10.1. The molecule has 0 radical (unpaired) electrons. The highest BCUT2D eigenvalue weighted by Gasteiger charge is 2.33. The fraction of sp³-hybridized carbons (Fsp3) is 0.238. The van der Waals surface area contributed by atoms with Crippen molar-refractivity contribution in [3.05, 3.63) is 82.5 Å². The molecule has 148 valence electrons. The largest absolute Gasteiger partial charge is 0.343 e. The van der Waals surface area contributed by atoms with Gasteiger partial charge in [-0.3, -0.25) is 9.59 Å². The van der Waals surface area contributed by atoms with Crippen LogP contribution in [0.1, 0.15) is 40.0 Å². The van der Waals surface area contributed by atoms with Crippen molar-refractivity contribution in [2.75, 3.05) is 6.54 Å². The van der Waals surface area contributed by atoms with Crippen LogP contribution < -0.4 is 5.32 Å². The minimum atomic E-state index is -0.214. The zero-order valence-corrected chi connectivity index (χ0v) is 16.3. The Bertz CT molecular complexity index is 1020. The van der Waals surface area contributed by atoms with Gasteiger partial charge in [0.15, 0.2) is 5.82 Å². The molecule has 1 N–H and O–H groups in total. The summed E-state index contributed by atoms with van der Waals surface area (Å²) in [5.41, 5.74) is 1.54. The van der Waals surface area contributed by atoms with Gasteiger partial charge in [-0.15, -0.1) is 0 Å². The van der Waals surface area contributed by atoms with E-state index in [1.54, 1.807) is 35.2 Å². The minimum Gasteiger partial charge on any atom is -0.343 e. The lowest BCUT2D eigenvalue weighted by Crippen LogP contribution is -2.24. The van der Waals surface area contributed by atoms with Gasteiger partial charge in [0.25, 0.3) is 5.91 Å². The average molecular weight is 411 g/mol. The maximum atomic E-state index is 12.4. The smallest absolute Gasteiger partial charge is 0.251 e. The molecule has 8 heteroatoms. The molecule has 3 aromatic rings. The Morgan fingerprint density at radius 3 is 2.83 bits per heavy atom. The number of aromatic nitrogens is 2. The number of amides is 2. The predicted molar refractivity (Wildman–Crippen MR) is 106 cm³/mol. The van der Waals surface area contributed by atoms with Crippen LogP contribution in [0.4, 0.5) is 0 Å². The number of carbonyl (C=O) groups excluding carboxylic acids is 2. The number of rotatable bonds is 6. The van der Waals surface area contributed by atoms with Crippen molar-refractivity contribution >= 4 is 23.4 Å². The Hall–Kier alpha value is -3.19. The molecule has 2 heterocycles. The molecule has 0 bridgehead atoms. The van der Waals surface area contributed by atoms with Crippen molar-refractivity contribution in [3.8, 4) is 0 Å². The molecular formula is C21H19ClN4O3. The van der Waals surface area contributed by atoms with Crippen LogP contribution in [0, 0.1) is 0 Å². The van der Waals surface area contributed by atoms with E-state index >= 15 is 0 Å². The summed E-state index contributed by atoms with van der Waals surface area (Å²) in [6.45, 7) is 1.14. The Morgan fingerprint density at radius 1 is 1.21 bits per heavy atom. The van der Waals surface area contributed by atoms with Gasteiger partial charge in [-0.25, -0.2) is 0 Å². The number of likely N-dealkylation sites (tertiary alicyclic amines) is 1. The quantitative estimate of drug-likeness (QED) is 0.674. The monoisotopic (exact) mass is 410 g/mol. The molecule has 7 nitrogen and oxygen atoms in total. The van der Waals surface area contributed by atoms with Crippen LogP contribution in [0.5, 0.6) is 0 Å². The van der Waals surface area contributed by atoms with Gasteiger partial charge >= 0.3 is 0 Å². The van der Waals surface area contributed by atoms with Crippen LogP contribution in [0.15, 0.2) is 59.1 Å². The van der Waals surface area contributed by atoms with Gasteiger partial charge in [0.1, 0.15) is 0 Å². The molecule has 1 aliphatic heterocycles. The van der Waals surface area contributed by atoms with Crippen LogP contribution in [0.25, 0.3) is 0 Å². The molecule has 1 saturated heterocycles. The van der Waals surface area contributed by atoms with E-state index in [1.165, 1.54) is 0 Å². The van der Waals surface area contributed by atoms with Crippen molar-refractivity contribution in [2.45, 2.75) is 25.4 Å². The normalized spacial score (nSPS) is 16.2. The first-order chi connectivity index (χ1) is 14.1. The molecule has 1 aromatic heterocycles. The average Bonchev–Trinajstić information content (AvgIpc) is 3.34. The van der Waals surface area contributed by atoms with E-state index < -0.39 is 0 Å². The first-order valence-electron chi connectivity index (χ1n) is 9.26. The minimum absolute atomic E-state index is 0.0405. The van der Waals surface area contributed by atoms with Gasteiger partial charge in [-0.1, -0.05) is 47.1 Å². The molecule has 2 amide bonds. The second-order valence-electron chi connectivity index (χ2n) is 6.90. The molecule has 0 saturated carbocycles. The lowest BCUT2D eigenvalue weighted by molar-refractivity contribution is -0.128. The SMILES string of the molecule is O=C(NCc1nc(C2CC(=O)N(Cc3cccc(Cl)c3)C2)no1)c1ccccc1. The third-order valence-electron chi connectivity index (χ3n) is 4.76. The fourth-order valence-electron chi connectivity index (χ4n) is 3.31. The first-order valence-corrected chi connectivity index (χ1v) is 9.64. The number of nitrogens with zero attached hydrogens (tertiary/aromatic N) is 3. The van der Waals surface area contributed by atoms with E-state index in [9.17, 15) is 9.59 Å². The highest BCUT2D eigenvalue weighted by molar-refractivity contribution is 6.30. The molecule has 4 rings (SSSR count). The van der Waals surface area contributed by atoms with Gasteiger partial charge in [0.05, 0.1) is 6.54 Å². The van der Waals surface area contributed by atoms with E-state index in [0.717, 1.165) is 5.56 Å². The Labute approximate surface area is 172 Å². The van der Waals surface area contributed by atoms with Crippen LogP contribution in [0.3, 0.4) is 0 Å². The number of hydrogen-bond donors (Lipinski definition) is 1. The summed E-state index contributed by atoms with van der Waals surface area (Å²) < 4.78 is 5.24. The Morgan fingerprint density at radius 2 is 2.03 bits per heavy atom. The Balaban J connectivity index is 1.34. The molecule has 0 spiro atoms. The van der Waals surface area contributed by atoms with Crippen molar-refractivity contribution in [1.29, 1.82) is 0 Å². The predicted octanol–water partition coefficient (Wildman–Crippen LogP) is 3.17. The van der Waals surface area contributed by atoms with E-state index in [-0.39, 0.29) is 24.3 Å². The van der Waals surface area contributed by atoms with E-state index in [2.05, 4.69) is 15.5 Å². The Kier molecular flexibility index (Phi) is 5.57. The lowest BCUT2D eigenvalue weighted by Gasteiger charge is -2.16. The molecular weight excluding hydrogens is 392 g/mol. The van der Waals surface area contributed by atoms with Crippen LogP contribution in [-0.2, 0) is 17.9 Å². The third-order valence-corrected chi connectivity index (χ3v) is 5.00. The van der Waals surface area contributed by atoms with Gasteiger partial charge in [-0.05, 0) is 29.8 Å². The summed E-state index contributed by atoms with van der Waals surface area (Å²) in [6, 6.07) is 16.4. The number of halogens is 1. The van der Waals surface area contributed by atoms with Crippen molar-refractivity contribution < 1.29 is 14.1 Å². The van der Waals surface area contributed by atoms with Crippen LogP contribution >= 0.6 is 11.6 Å². The summed E-state index contributed by atoms with van der Waals surface area (Å²) in [4.78, 5) is 30.6. The van der Waals surface area contributed by atoms with Crippen molar-refractivity contribution in [3.63, 3.8) is 0 Å². The fourth-order valence-corrected chi connectivity index (χ4v) is 3.52. The summed E-state index contributed by atoms with van der Waals surface area (Å²) in [7, 11) is 0. The third kappa shape index (κ3) is 4.63. The summed E-state index contributed by atoms with van der Waals surface area (Å²) in [6.07, 6.45) is 0.329. The highest BCUT2D eigenvalue weighted by Crippen LogP contribution is 2.27. The maximum absolute atomic E-state index is 12.4. The van der Waals surface area contributed by atoms with Gasteiger partial charge < -0.3 is 14.7 Å². The van der Waals surface area contributed by atoms with Crippen molar-refractivity contribution in [1.82, 2.24) is 20.4 Å². The van der Waals surface area contributed by atoms with E-state index in [0.29, 0.717) is 41.8 Å². The van der Waals surface area contributed by atoms with E-state index in [4.69, 9.17) is 16.1 Å². The van der Waals surface area contributed by atoms with Crippen molar-refractivity contribution in [2.24, 2.45) is 0 Å². The maximum Gasteiger partial charge on any atom is 0.251 e. The highest BCUT2D eigenvalue weighted by atomic mass is 35.5. The van der Waals surface area contributed by atoms with Gasteiger partial charge in [0.2, 0.25) is 11.8 Å². The summed E-state index contributed by atoms with van der Waals surface area (Å²) >= 11 is 6.02.